The van der Waals surface area contributed by atoms with E-state index in [0.29, 0.717) is 29.0 Å². The normalized spacial score (nSPS) is 12.0. The van der Waals surface area contributed by atoms with Gasteiger partial charge in [-0.15, -0.1) is 10.2 Å². The Hall–Kier alpha value is -2.31. The molecule has 3 rings (SSSR count). The third-order valence-electron chi connectivity index (χ3n) is 4.45. The van der Waals surface area contributed by atoms with Crippen LogP contribution in [0.2, 0.25) is 5.02 Å². The average Bonchev–Trinajstić information content (AvgIpc) is 3.11. The van der Waals surface area contributed by atoms with Gasteiger partial charge in [0.2, 0.25) is 0 Å². The van der Waals surface area contributed by atoms with Crippen LogP contribution in [0.5, 0.6) is 0 Å². The second-order valence-corrected chi connectivity index (χ2v) is 8.13. The van der Waals surface area contributed by atoms with Gasteiger partial charge in [-0.3, -0.25) is 9.36 Å². The molecule has 0 spiro atoms. The van der Waals surface area contributed by atoms with E-state index in [-0.39, 0.29) is 11.2 Å². The monoisotopic (exact) mass is 429 g/mol. The van der Waals surface area contributed by atoms with Crippen molar-refractivity contribution in [2.45, 2.75) is 44.0 Å². The molecule has 0 aliphatic rings. The summed E-state index contributed by atoms with van der Waals surface area (Å²) < 4.78 is 7.25. The second kappa shape index (κ2) is 9.94. The van der Waals surface area contributed by atoms with Gasteiger partial charge in [-0.1, -0.05) is 67.0 Å². The van der Waals surface area contributed by atoms with Crippen LogP contribution in [-0.4, -0.2) is 32.6 Å². The van der Waals surface area contributed by atoms with Crippen molar-refractivity contribution < 1.29 is 9.53 Å². The lowest BCUT2D eigenvalue weighted by molar-refractivity contribution is -0.142. The highest BCUT2D eigenvalue weighted by molar-refractivity contribution is 8.00. The first-order chi connectivity index (χ1) is 14.1. The van der Waals surface area contributed by atoms with E-state index in [9.17, 15) is 4.79 Å². The lowest BCUT2D eigenvalue weighted by Crippen LogP contribution is -2.21. The minimum absolute atomic E-state index is 0.224. The van der Waals surface area contributed by atoms with Gasteiger partial charge < -0.3 is 4.74 Å². The van der Waals surface area contributed by atoms with E-state index in [0.717, 1.165) is 23.2 Å². The Labute approximate surface area is 180 Å². The van der Waals surface area contributed by atoms with Crippen LogP contribution in [0.1, 0.15) is 32.3 Å². The van der Waals surface area contributed by atoms with Crippen molar-refractivity contribution in [3.63, 3.8) is 0 Å². The van der Waals surface area contributed by atoms with Crippen molar-refractivity contribution in [2.24, 2.45) is 0 Å². The molecular weight excluding hydrogens is 406 g/mol. The number of thioether (sulfide) groups is 1. The molecule has 152 valence electrons. The Kier molecular flexibility index (Phi) is 7.34. The van der Waals surface area contributed by atoms with Gasteiger partial charge >= 0.3 is 5.97 Å². The number of halogens is 1. The molecule has 1 heterocycles. The maximum atomic E-state index is 12.5. The van der Waals surface area contributed by atoms with Gasteiger partial charge in [0.05, 0.1) is 17.3 Å². The largest absolute Gasteiger partial charge is 0.465 e. The molecule has 3 aromatic rings. The first kappa shape index (κ1) is 21.4. The Bertz CT molecular complexity index is 990. The number of hydrogen-bond acceptors (Lipinski definition) is 5. The maximum absolute atomic E-state index is 12.5. The van der Waals surface area contributed by atoms with Crippen LogP contribution in [0.3, 0.4) is 0 Å². The van der Waals surface area contributed by atoms with Crippen molar-refractivity contribution in [3.8, 4) is 17.1 Å². The van der Waals surface area contributed by atoms with E-state index in [1.807, 2.05) is 73.9 Å². The van der Waals surface area contributed by atoms with Crippen molar-refractivity contribution >= 4 is 29.3 Å². The van der Waals surface area contributed by atoms with E-state index in [1.165, 1.54) is 11.8 Å². The highest BCUT2D eigenvalue weighted by Gasteiger charge is 2.26. The van der Waals surface area contributed by atoms with Crippen molar-refractivity contribution in [2.75, 3.05) is 6.61 Å². The molecule has 0 saturated heterocycles. The number of rotatable bonds is 8. The van der Waals surface area contributed by atoms with Crippen LogP contribution >= 0.6 is 23.4 Å². The number of para-hydroxylation sites is 1. The summed E-state index contributed by atoms with van der Waals surface area (Å²) in [5.41, 5.74) is 2.82. The summed E-state index contributed by atoms with van der Waals surface area (Å²) in [5.74, 6) is 0.421. The molecule has 0 fully saturated rings. The number of carbonyl (C=O) groups excluding carboxylic acids is 1. The quantitative estimate of drug-likeness (QED) is 0.338. The first-order valence-corrected chi connectivity index (χ1v) is 10.9. The molecule has 0 saturated carbocycles. The average molecular weight is 430 g/mol. The van der Waals surface area contributed by atoms with Crippen LogP contribution in [0, 0.1) is 6.92 Å². The number of esters is 1. The molecule has 29 heavy (non-hydrogen) atoms. The fraction of sp³-hybridized carbons (Fsp3) is 0.318. The molecule has 5 nitrogen and oxygen atoms in total. The van der Waals surface area contributed by atoms with Crippen LogP contribution in [-0.2, 0) is 9.53 Å². The number of aromatic nitrogens is 3. The fourth-order valence-electron chi connectivity index (χ4n) is 3.04. The summed E-state index contributed by atoms with van der Waals surface area (Å²) >= 11 is 7.84. The van der Waals surface area contributed by atoms with Crippen molar-refractivity contribution in [1.29, 1.82) is 0 Å². The van der Waals surface area contributed by atoms with Gasteiger partial charge in [-0.05, 0) is 44.0 Å². The molecule has 0 bridgehead atoms. The molecule has 2 aromatic carbocycles. The minimum atomic E-state index is -0.342. The predicted molar refractivity (Wildman–Crippen MR) is 118 cm³/mol. The van der Waals surface area contributed by atoms with Gasteiger partial charge in [0.15, 0.2) is 11.0 Å². The van der Waals surface area contributed by atoms with Crippen LogP contribution < -0.4 is 0 Å². The Morgan fingerprint density at radius 1 is 1.14 bits per heavy atom. The smallest absolute Gasteiger partial charge is 0.319 e. The maximum Gasteiger partial charge on any atom is 0.319 e. The van der Waals surface area contributed by atoms with Gasteiger partial charge in [-0.25, -0.2) is 0 Å². The topological polar surface area (TPSA) is 57.0 Å². The van der Waals surface area contributed by atoms with E-state index in [4.69, 9.17) is 16.3 Å². The molecule has 0 radical (unpaired) electrons. The van der Waals surface area contributed by atoms with Gasteiger partial charge in [0.25, 0.3) is 0 Å². The third kappa shape index (κ3) is 4.82. The first-order valence-electron chi connectivity index (χ1n) is 9.66. The molecule has 1 aromatic heterocycles. The van der Waals surface area contributed by atoms with E-state index in [1.54, 1.807) is 0 Å². The van der Waals surface area contributed by atoms with Gasteiger partial charge in [0.1, 0.15) is 5.25 Å². The zero-order valence-corrected chi connectivity index (χ0v) is 18.3. The van der Waals surface area contributed by atoms with Gasteiger partial charge in [-0.2, -0.15) is 0 Å². The number of hydrogen-bond donors (Lipinski definition) is 0. The summed E-state index contributed by atoms with van der Waals surface area (Å²) in [5, 5.41) is 9.76. The molecule has 0 amide bonds. The van der Waals surface area contributed by atoms with E-state index >= 15 is 0 Å². The van der Waals surface area contributed by atoms with E-state index in [2.05, 4.69) is 10.2 Å². The molecule has 0 unspecified atom stereocenters. The molecule has 0 aliphatic carbocycles. The summed E-state index contributed by atoms with van der Waals surface area (Å²) in [6.07, 6.45) is 1.57. The molecule has 0 aliphatic heterocycles. The highest BCUT2D eigenvalue weighted by Crippen LogP contribution is 2.35. The van der Waals surface area contributed by atoms with Gasteiger partial charge in [0, 0.05) is 5.56 Å². The molecule has 1 atom stereocenters. The predicted octanol–water partition coefficient (Wildman–Crippen LogP) is 5.72. The van der Waals surface area contributed by atoms with Crippen LogP contribution in [0.15, 0.2) is 53.7 Å². The number of aryl methyl sites for hydroxylation is 1. The zero-order chi connectivity index (χ0) is 20.8. The van der Waals surface area contributed by atoms with Crippen LogP contribution in [0.4, 0.5) is 0 Å². The molecule has 7 heteroatoms. The summed E-state index contributed by atoms with van der Waals surface area (Å²) in [6.45, 7) is 6.26. The fourth-order valence-corrected chi connectivity index (χ4v) is 4.42. The van der Waals surface area contributed by atoms with Crippen molar-refractivity contribution in [3.05, 3.63) is 59.1 Å². The third-order valence-corrected chi connectivity index (χ3v) is 5.97. The number of ether oxygens (including phenoxy) is 1. The summed E-state index contributed by atoms with van der Waals surface area (Å²) in [4.78, 5) is 12.5. The number of nitrogens with zero attached hydrogens (tertiary/aromatic N) is 3. The Morgan fingerprint density at radius 2 is 1.86 bits per heavy atom. The summed E-state index contributed by atoms with van der Waals surface area (Å²) in [7, 11) is 0. The highest BCUT2D eigenvalue weighted by atomic mass is 35.5. The lowest BCUT2D eigenvalue weighted by atomic mass is 10.1. The lowest BCUT2D eigenvalue weighted by Gasteiger charge is -2.17. The SMILES string of the molecule is CCC[C@@H](Sc1nnc(-c2ccccc2Cl)n1-c1ccccc1C)C(=O)OCC. The number of carbonyl (C=O) groups is 1. The Balaban J connectivity index is 2.12. The standard InChI is InChI=1S/C22H24ClN3O2S/c1-4-10-19(21(27)28-5-2)29-22-25-24-20(16-12-7-8-13-17(16)23)26(22)18-14-9-6-11-15(18)3/h6-9,11-14,19H,4-5,10H2,1-3H3/t19-/m1/s1. The summed E-state index contributed by atoms with van der Waals surface area (Å²) in [6, 6.07) is 15.6. The molecule has 0 N–H and O–H groups in total. The number of benzene rings is 2. The zero-order valence-electron chi connectivity index (χ0n) is 16.8. The second-order valence-electron chi connectivity index (χ2n) is 6.56. The van der Waals surface area contributed by atoms with Crippen molar-refractivity contribution in [1.82, 2.24) is 14.8 Å². The minimum Gasteiger partial charge on any atom is -0.465 e. The molecular formula is C22H24ClN3O2S. The van der Waals surface area contributed by atoms with Crippen LogP contribution in [0.25, 0.3) is 17.1 Å². The Morgan fingerprint density at radius 3 is 2.55 bits per heavy atom. The van der Waals surface area contributed by atoms with E-state index < -0.39 is 0 Å².